The Morgan fingerprint density at radius 1 is 1.43 bits per heavy atom. The van der Waals surface area contributed by atoms with E-state index in [0.717, 1.165) is 58.2 Å². The average molecular weight is 298 g/mol. The summed E-state index contributed by atoms with van der Waals surface area (Å²) in [5.74, 6) is 0.227. The minimum atomic E-state index is -0.149. The van der Waals surface area contributed by atoms with Crippen LogP contribution in [0.25, 0.3) is 0 Å². The van der Waals surface area contributed by atoms with Gasteiger partial charge < -0.3 is 20.1 Å². The summed E-state index contributed by atoms with van der Waals surface area (Å²) in [6, 6.07) is 0. The van der Waals surface area contributed by atoms with Gasteiger partial charge in [0.05, 0.1) is 18.1 Å². The van der Waals surface area contributed by atoms with Crippen LogP contribution in [0.4, 0.5) is 0 Å². The maximum absolute atomic E-state index is 12.4. The van der Waals surface area contributed by atoms with Crippen molar-refractivity contribution in [3.63, 3.8) is 0 Å². The Bertz CT molecular complexity index is 311. The third kappa shape index (κ3) is 4.94. The summed E-state index contributed by atoms with van der Waals surface area (Å²) in [6.45, 7) is 6.99. The van der Waals surface area contributed by atoms with E-state index in [1.54, 1.807) is 0 Å². The molecule has 1 unspecified atom stereocenters. The normalized spacial score (nSPS) is 24.9. The Morgan fingerprint density at radius 2 is 2.24 bits per heavy atom. The largest absolute Gasteiger partial charge is 0.379 e. The second-order valence-electron chi connectivity index (χ2n) is 6.20. The molecule has 2 N–H and O–H groups in total. The molecule has 0 radical (unpaired) electrons. The van der Waals surface area contributed by atoms with Gasteiger partial charge in [-0.2, -0.15) is 0 Å². The Hall–Kier alpha value is -0.650. The topological polar surface area (TPSA) is 59.6 Å². The lowest BCUT2D eigenvalue weighted by Crippen LogP contribution is -2.47. The van der Waals surface area contributed by atoms with E-state index < -0.39 is 0 Å². The van der Waals surface area contributed by atoms with Crippen molar-refractivity contribution in [2.24, 2.45) is 5.41 Å². The molecule has 1 atom stereocenters. The molecule has 2 heterocycles. The number of piperidine rings is 1. The summed E-state index contributed by atoms with van der Waals surface area (Å²) in [6.07, 6.45) is 6.25. The monoisotopic (exact) mass is 298 g/mol. The van der Waals surface area contributed by atoms with Crippen molar-refractivity contribution in [2.45, 2.75) is 51.6 Å². The fourth-order valence-corrected chi connectivity index (χ4v) is 3.20. The number of amides is 1. The van der Waals surface area contributed by atoms with Crippen molar-refractivity contribution < 1.29 is 14.3 Å². The third-order valence-electron chi connectivity index (χ3n) is 4.80. The van der Waals surface area contributed by atoms with Gasteiger partial charge in [0.25, 0.3) is 0 Å². The molecule has 2 fully saturated rings. The van der Waals surface area contributed by atoms with Crippen LogP contribution in [0.2, 0.25) is 0 Å². The van der Waals surface area contributed by atoms with Gasteiger partial charge in [0.2, 0.25) is 5.91 Å². The second kappa shape index (κ2) is 8.71. The molecule has 5 heteroatoms. The lowest BCUT2D eigenvalue weighted by Gasteiger charge is -2.35. The number of hydrogen-bond donors (Lipinski definition) is 2. The zero-order valence-corrected chi connectivity index (χ0v) is 13.3. The predicted molar refractivity (Wildman–Crippen MR) is 82.2 cm³/mol. The maximum atomic E-state index is 12.4. The molecular weight excluding hydrogens is 268 g/mol. The second-order valence-corrected chi connectivity index (χ2v) is 6.20. The van der Waals surface area contributed by atoms with E-state index in [1.807, 2.05) is 0 Å². The zero-order chi connectivity index (χ0) is 15.0. The predicted octanol–water partition coefficient (Wildman–Crippen LogP) is 1.47. The molecule has 21 heavy (non-hydrogen) atoms. The number of carbonyl (C=O) groups is 1. The Morgan fingerprint density at radius 3 is 2.90 bits per heavy atom. The van der Waals surface area contributed by atoms with E-state index in [1.165, 1.54) is 0 Å². The quantitative estimate of drug-likeness (QED) is 0.666. The molecule has 0 aromatic rings. The Labute approximate surface area is 128 Å². The number of carbonyl (C=O) groups excluding carboxylic acids is 1. The highest BCUT2D eigenvalue weighted by molar-refractivity contribution is 5.82. The number of hydrogen-bond acceptors (Lipinski definition) is 4. The summed E-state index contributed by atoms with van der Waals surface area (Å²) in [7, 11) is 0. The summed E-state index contributed by atoms with van der Waals surface area (Å²) >= 11 is 0. The van der Waals surface area contributed by atoms with Gasteiger partial charge in [0.1, 0.15) is 0 Å². The highest BCUT2D eigenvalue weighted by atomic mass is 16.5. The van der Waals surface area contributed by atoms with E-state index in [9.17, 15) is 4.79 Å². The third-order valence-corrected chi connectivity index (χ3v) is 4.80. The van der Waals surface area contributed by atoms with Crippen LogP contribution >= 0.6 is 0 Å². The molecule has 1 amide bonds. The molecule has 5 nitrogen and oxygen atoms in total. The summed E-state index contributed by atoms with van der Waals surface area (Å²) in [5.41, 5.74) is -0.149. The van der Waals surface area contributed by atoms with Crippen molar-refractivity contribution in [2.75, 3.05) is 39.5 Å². The zero-order valence-electron chi connectivity index (χ0n) is 13.3. The van der Waals surface area contributed by atoms with Crippen molar-refractivity contribution in [1.29, 1.82) is 0 Å². The van der Waals surface area contributed by atoms with E-state index >= 15 is 0 Å². The van der Waals surface area contributed by atoms with Crippen LogP contribution in [0.15, 0.2) is 0 Å². The minimum Gasteiger partial charge on any atom is -0.379 e. The van der Waals surface area contributed by atoms with Crippen molar-refractivity contribution in [3.05, 3.63) is 0 Å². The number of ether oxygens (including phenoxy) is 2. The smallest absolute Gasteiger partial charge is 0.226 e. The standard InChI is InChI=1S/C16H30N2O3/c1-2-16(6-9-17-10-7-16)15(19)18-8-4-11-20-13-14-5-3-12-21-14/h14,17H,2-13H2,1H3,(H,18,19). The lowest BCUT2D eigenvalue weighted by atomic mass is 9.76. The van der Waals surface area contributed by atoms with E-state index in [-0.39, 0.29) is 17.4 Å². The highest BCUT2D eigenvalue weighted by Gasteiger charge is 2.37. The molecular formula is C16H30N2O3. The Balaban J connectivity index is 1.55. The van der Waals surface area contributed by atoms with Gasteiger partial charge >= 0.3 is 0 Å². The van der Waals surface area contributed by atoms with Gasteiger partial charge in [0, 0.05) is 19.8 Å². The molecule has 122 valence electrons. The molecule has 2 rings (SSSR count). The van der Waals surface area contributed by atoms with Gasteiger partial charge in [0.15, 0.2) is 0 Å². The molecule has 0 aliphatic carbocycles. The number of nitrogens with one attached hydrogen (secondary N) is 2. The van der Waals surface area contributed by atoms with Crippen LogP contribution in [0, 0.1) is 5.41 Å². The highest BCUT2D eigenvalue weighted by Crippen LogP contribution is 2.32. The van der Waals surface area contributed by atoms with Crippen LogP contribution in [0.3, 0.4) is 0 Å². The van der Waals surface area contributed by atoms with Gasteiger partial charge in [-0.25, -0.2) is 0 Å². The lowest BCUT2D eigenvalue weighted by molar-refractivity contribution is -0.132. The minimum absolute atomic E-state index is 0.149. The van der Waals surface area contributed by atoms with Crippen LogP contribution in [0.5, 0.6) is 0 Å². The molecule has 2 aliphatic heterocycles. The molecule has 0 aromatic heterocycles. The van der Waals surface area contributed by atoms with E-state index in [4.69, 9.17) is 9.47 Å². The first kappa shape index (κ1) is 16.7. The summed E-state index contributed by atoms with van der Waals surface area (Å²) in [5, 5.41) is 6.42. The summed E-state index contributed by atoms with van der Waals surface area (Å²) < 4.78 is 11.1. The first-order valence-electron chi connectivity index (χ1n) is 8.45. The maximum Gasteiger partial charge on any atom is 0.226 e. The molecule has 0 aromatic carbocycles. The fraction of sp³-hybridized carbons (Fsp3) is 0.938. The van der Waals surface area contributed by atoms with Gasteiger partial charge in [-0.1, -0.05) is 6.92 Å². The Kier molecular flexibility index (Phi) is 6.93. The molecule has 0 spiro atoms. The molecule has 2 aliphatic rings. The van der Waals surface area contributed by atoms with Crippen LogP contribution < -0.4 is 10.6 Å². The number of rotatable bonds is 8. The first-order chi connectivity index (χ1) is 10.3. The van der Waals surface area contributed by atoms with Gasteiger partial charge in [-0.3, -0.25) is 4.79 Å². The summed E-state index contributed by atoms with van der Waals surface area (Å²) in [4.78, 5) is 12.4. The molecule has 0 saturated carbocycles. The van der Waals surface area contributed by atoms with Gasteiger partial charge in [-0.15, -0.1) is 0 Å². The van der Waals surface area contributed by atoms with E-state index in [0.29, 0.717) is 19.8 Å². The van der Waals surface area contributed by atoms with E-state index in [2.05, 4.69) is 17.6 Å². The first-order valence-corrected chi connectivity index (χ1v) is 8.45. The SMILES string of the molecule is CCC1(C(=O)NCCCOCC2CCCO2)CCNCC1. The van der Waals surface area contributed by atoms with Crippen molar-refractivity contribution in [1.82, 2.24) is 10.6 Å². The average Bonchev–Trinajstić information content (AvgIpc) is 3.04. The van der Waals surface area contributed by atoms with Crippen LogP contribution in [-0.4, -0.2) is 51.5 Å². The molecule has 2 saturated heterocycles. The molecule has 0 bridgehead atoms. The van der Waals surface area contributed by atoms with Gasteiger partial charge in [-0.05, 0) is 51.6 Å². The van der Waals surface area contributed by atoms with Crippen molar-refractivity contribution >= 4 is 5.91 Å². The van der Waals surface area contributed by atoms with Crippen LogP contribution in [0.1, 0.15) is 45.4 Å². The van der Waals surface area contributed by atoms with Crippen LogP contribution in [-0.2, 0) is 14.3 Å². The fourth-order valence-electron chi connectivity index (χ4n) is 3.20. The van der Waals surface area contributed by atoms with Crippen molar-refractivity contribution in [3.8, 4) is 0 Å².